The molecule has 0 atom stereocenters. The Balaban J connectivity index is 1.71. The lowest BCUT2D eigenvalue weighted by Gasteiger charge is -2.07. The first-order chi connectivity index (χ1) is 12.5. The van der Waals surface area contributed by atoms with Crippen LogP contribution in [0.15, 0.2) is 48.5 Å². The van der Waals surface area contributed by atoms with Gasteiger partial charge in [-0.25, -0.2) is 9.78 Å². The molecule has 2 aromatic carbocycles. The number of aryl methyl sites for hydroxylation is 3. The van der Waals surface area contributed by atoms with E-state index in [4.69, 9.17) is 4.74 Å². The molecule has 0 aliphatic heterocycles. The topological polar surface area (TPSA) is 56.3 Å². The van der Waals surface area contributed by atoms with Gasteiger partial charge in [0.15, 0.2) is 6.61 Å². The molecule has 0 saturated heterocycles. The fraction of sp³-hybridized carbons (Fsp3) is 0.190. The van der Waals surface area contributed by atoms with E-state index in [9.17, 15) is 9.59 Å². The van der Waals surface area contributed by atoms with Gasteiger partial charge < -0.3 is 4.74 Å². The van der Waals surface area contributed by atoms with Crippen LogP contribution < -0.4 is 0 Å². The summed E-state index contributed by atoms with van der Waals surface area (Å²) in [5, 5.41) is 0.760. The van der Waals surface area contributed by atoms with Crippen molar-refractivity contribution in [1.82, 2.24) is 4.98 Å². The molecule has 0 aliphatic carbocycles. The van der Waals surface area contributed by atoms with Crippen molar-refractivity contribution >= 4 is 23.1 Å². The van der Waals surface area contributed by atoms with Gasteiger partial charge in [0.2, 0.25) is 5.78 Å². The highest BCUT2D eigenvalue weighted by Crippen LogP contribution is 2.28. The molecule has 4 nitrogen and oxygen atoms in total. The van der Waals surface area contributed by atoms with Crippen LogP contribution in [0.4, 0.5) is 0 Å². The summed E-state index contributed by atoms with van der Waals surface area (Å²) in [6, 6.07) is 15.2. The van der Waals surface area contributed by atoms with Crippen LogP contribution in [0.1, 0.15) is 36.9 Å². The molecule has 0 bridgehead atoms. The monoisotopic (exact) mass is 365 g/mol. The van der Waals surface area contributed by atoms with Crippen LogP contribution in [-0.2, 0) is 4.74 Å². The van der Waals surface area contributed by atoms with Crippen LogP contribution >= 0.6 is 11.3 Å². The van der Waals surface area contributed by atoms with Crippen molar-refractivity contribution in [3.8, 4) is 10.6 Å². The zero-order chi connectivity index (χ0) is 18.7. The highest BCUT2D eigenvalue weighted by Gasteiger charge is 2.19. The highest BCUT2D eigenvalue weighted by atomic mass is 32.1. The highest BCUT2D eigenvalue weighted by molar-refractivity contribution is 7.17. The zero-order valence-electron chi connectivity index (χ0n) is 14.9. The van der Waals surface area contributed by atoms with Crippen LogP contribution in [-0.4, -0.2) is 23.3 Å². The second-order valence-corrected chi connectivity index (χ2v) is 7.12. The Kier molecular flexibility index (Phi) is 5.28. The number of carbonyl (C=O) groups is 2. The van der Waals surface area contributed by atoms with Crippen molar-refractivity contribution < 1.29 is 14.3 Å². The van der Waals surface area contributed by atoms with Gasteiger partial charge >= 0.3 is 5.97 Å². The molecule has 3 aromatic rings. The SMILES string of the molecule is Cc1ccc(C(=O)COC(=O)c2sc(-c3ccccc3)nc2C)c(C)c1. The molecule has 0 spiro atoms. The summed E-state index contributed by atoms with van der Waals surface area (Å²) in [7, 11) is 0. The molecule has 132 valence electrons. The maximum absolute atomic E-state index is 12.4. The van der Waals surface area contributed by atoms with Gasteiger partial charge in [-0.05, 0) is 26.3 Å². The van der Waals surface area contributed by atoms with Crippen LogP contribution in [0.5, 0.6) is 0 Å². The molecule has 5 heteroatoms. The third-order valence-electron chi connectivity index (χ3n) is 4.02. The minimum absolute atomic E-state index is 0.207. The fourth-order valence-corrected chi connectivity index (χ4v) is 3.66. The quantitative estimate of drug-likeness (QED) is 0.482. The molecule has 0 aliphatic rings. The molecule has 0 saturated carbocycles. The summed E-state index contributed by atoms with van der Waals surface area (Å²) in [5.74, 6) is -0.721. The minimum atomic E-state index is -0.514. The first-order valence-electron chi connectivity index (χ1n) is 8.26. The lowest BCUT2D eigenvalue weighted by atomic mass is 10.0. The zero-order valence-corrected chi connectivity index (χ0v) is 15.7. The maximum atomic E-state index is 12.4. The molecule has 0 radical (unpaired) electrons. The number of hydrogen-bond acceptors (Lipinski definition) is 5. The average Bonchev–Trinajstić information content (AvgIpc) is 3.02. The molecular weight excluding hydrogens is 346 g/mol. The summed E-state index contributed by atoms with van der Waals surface area (Å²) in [5.41, 5.74) is 4.11. The van der Waals surface area contributed by atoms with Gasteiger partial charge in [-0.2, -0.15) is 0 Å². The summed E-state index contributed by atoms with van der Waals surface area (Å²) >= 11 is 1.28. The van der Waals surface area contributed by atoms with Crippen molar-refractivity contribution in [2.45, 2.75) is 20.8 Å². The number of aromatic nitrogens is 1. The second kappa shape index (κ2) is 7.62. The van der Waals surface area contributed by atoms with Crippen molar-refractivity contribution in [3.05, 3.63) is 75.8 Å². The van der Waals surface area contributed by atoms with E-state index in [2.05, 4.69) is 4.98 Å². The van der Waals surface area contributed by atoms with Gasteiger partial charge in [-0.3, -0.25) is 4.79 Å². The Bertz CT molecular complexity index is 961. The van der Waals surface area contributed by atoms with Gasteiger partial charge in [0, 0.05) is 11.1 Å². The number of thiazole rings is 1. The lowest BCUT2D eigenvalue weighted by molar-refractivity contribution is 0.0478. The standard InChI is InChI=1S/C21H19NO3S/c1-13-9-10-17(14(2)11-13)18(23)12-25-21(24)19-15(3)22-20(26-19)16-7-5-4-6-8-16/h4-11H,12H2,1-3H3. The Morgan fingerprint density at radius 2 is 1.77 bits per heavy atom. The fourth-order valence-electron chi connectivity index (χ4n) is 2.69. The third kappa shape index (κ3) is 3.89. The van der Waals surface area contributed by atoms with E-state index in [1.54, 1.807) is 13.0 Å². The molecule has 0 unspecified atom stereocenters. The number of ether oxygens (including phenoxy) is 1. The number of Topliss-reactive ketones (excluding diaryl/α,β-unsaturated/α-hetero) is 1. The normalized spacial score (nSPS) is 10.6. The summed E-state index contributed by atoms with van der Waals surface area (Å²) in [4.78, 5) is 29.6. The average molecular weight is 365 g/mol. The van der Waals surface area contributed by atoms with Crippen LogP contribution in [0, 0.1) is 20.8 Å². The summed E-state index contributed by atoms with van der Waals surface area (Å²) in [6.45, 7) is 5.34. The van der Waals surface area contributed by atoms with E-state index in [-0.39, 0.29) is 12.4 Å². The van der Waals surface area contributed by atoms with Crippen LogP contribution in [0.2, 0.25) is 0 Å². The minimum Gasteiger partial charge on any atom is -0.453 e. The number of carbonyl (C=O) groups excluding carboxylic acids is 2. The van der Waals surface area contributed by atoms with E-state index in [0.29, 0.717) is 16.1 Å². The Hall–Kier alpha value is -2.79. The van der Waals surface area contributed by atoms with Crippen molar-refractivity contribution in [3.63, 3.8) is 0 Å². The smallest absolute Gasteiger partial charge is 0.350 e. The van der Waals surface area contributed by atoms with Gasteiger partial charge in [-0.1, -0.05) is 54.1 Å². The van der Waals surface area contributed by atoms with E-state index >= 15 is 0 Å². The van der Waals surface area contributed by atoms with Crippen molar-refractivity contribution in [1.29, 1.82) is 0 Å². The summed E-state index contributed by atoms with van der Waals surface area (Å²) in [6.07, 6.45) is 0. The van der Waals surface area contributed by atoms with Gasteiger partial charge in [0.05, 0.1) is 5.69 Å². The lowest BCUT2D eigenvalue weighted by Crippen LogP contribution is -2.15. The summed E-state index contributed by atoms with van der Waals surface area (Å²) < 4.78 is 5.24. The second-order valence-electron chi connectivity index (χ2n) is 6.12. The molecular formula is C21H19NO3S. The molecule has 0 amide bonds. The number of hydrogen-bond donors (Lipinski definition) is 0. The molecule has 0 N–H and O–H groups in total. The van der Waals surface area contributed by atoms with Crippen molar-refractivity contribution in [2.75, 3.05) is 6.61 Å². The third-order valence-corrected chi connectivity index (χ3v) is 5.21. The molecule has 0 fully saturated rings. The molecule has 1 aromatic heterocycles. The Morgan fingerprint density at radius 3 is 2.46 bits per heavy atom. The van der Waals surface area contributed by atoms with E-state index in [1.165, 1.54) is 11.3 Å². The maximum Gasteiger partial charge on any atom is 0.350 e. The van der Waals surface area contributed by atoms with Crippen LogP contribution in [0.3, 0.4) is 0 Å². The van der Waals surface area contributed by atoms with E-state index < -0.39 is 5.97 Å². The number of esters is 1. The Morgan fingerprint density at radius 1 is 1.04 bits per heavy atom. The largest absolute Gasteiger partial charge is 0.453 e. The Labute approximate surface area is 156 Å². The number of rotatable bonds is 5. The van der Waals surface area contributed by atoms with Gasteiger partial charge in [0.25, 0.3) is 0 Å². The predicted molar refractivity (Wildman–Crippen MR) is 103 cm³/mol. The molecule has 1 heterocycles. The molecule has 3 rings (SSSR count). The van der Waals surface area contributed by atoms with Crippen LogP contribution in [0.25, 0.3) is 10.6 Å². The van der Waals surface area contributed by atoms with E-state index in [1.807, 2.05) is 56.3 Å². The van der Waals surface area contributed by atoms with E-state index in [0.717, 1.165) is 21.7 Å². The van der Waals surface area contributed by atoms with Crippen molar-refractivity contribution in [2.24, 2.45) is 0 Å². The predicted octanol–water partition coefficient (Wildman–Crippen LogP) is 4.78. The van der Waals surface area contributed by atoms with Gasteiger partial charge in [-0.15, -0.1) is 11.3 Å². The number of ketones is 1. The first kappa shape index (κ1) is 18.0. The first-order valence-corrected chi connectivity index (χ1v) is 9.08. The van der Waals surface area contributed by atoms with Gasteiger partial charge in [0.1, 0.15) is 9.88 Å². The number of nitrogens with zero attached hydrogens (tertiary/aromatic N) is 1. The molecule has 26 heavy (non-hydrogen) atoms. The number of benzene rings is 2.